The minimum absolute atomic E-state index is 0.0771. The van der Waals surface area contributed by atoms with Gasteiger partial charge in [-0.15, -0.1) is 0 Å². The summed E-state index contributed by atoms with van der Waals surface area (Å²) in [6.45, 7) is -0.436. The molecule has 0 bridgehead atoms. The zero-order valence-electron chi connectivity index (χ0n) is 16.7. The second kappa shape index (κ2) is 9.12. The second-order valence-corrected chi connectivity index (χ2v) is 7.12. The van der Waals surface area contributed by atoms with Gasteiger partial charge in [0.25, 0.3) is 5.91 Å². The predicted octanol–water partition coefficient (Wildman–Crippen LogP) is 4.65. The summed E-state index contributed by atoms with van der Waals surface area (Å²) in [6.07, 6.45) is -9.17. The molecule has 1 saturated heterocycles. The number of halogens is 6. The first kappa shape index (κ1) is 24.1. The molecule has 2 aromatic rings. The van der Waals surface area contributed by atoms with Crippen LogP contribution < -0.4 is 10.2 Å². The molecular weight excluding hydrogens is 458 g/mol. The number of carbonyl (C=O) groups is 3. The summed E-state index contributed by atoms with van der Waals surface area (Å²) in [5, 5.41) is 2.38. The Balaban J connectivity index is 1.67. The third-order valence-corrected chi connectivity index (χ3v) is 4.67. The SMILES string of the molecule is O=C(COC(=O)c1cc(C(F)(F)F)cc(C(F)(F)F)c1)Nc1cccc(N2CCCC2=O)c1. The van der Waals surface area contributed by atoms with E-state index in [1.807, 2.05) is 0 Å². The minimum atomic E-state index is -5.13. The first-order valence-corrected chi connectivity index (χ1v) is 9.51. The van der Waals surface area contributed by atoms with E-state index < -0.39 is 47.5 Å². The van der Waals surface area contributed by atoms with E-state index in [0.717, 1.165) is 0 Å². The molecule has 0 aromatic heterocycles. The van der Waals surface area contributed by atoms with Gasteiger partial charge in [-0.1, -0.05) is 6.07 Å². The van der Waals surface area contributed by atoms with Crippen LogP contribution in [0.5, 0.6) is 0 Å². The number of nitrogens with zero attached hydrogens (tertiary/aromatic N) is 1. The number of ether oxygens (including phenoxy) is 1. The lowest BCUT2D eigenvalue weighted by Gasteiger charge is -2.17. The highest BCUT2D eigenvalue weighted by molar-refractivity contribution is 5.98. The number of hydrogen-bond donors (Lipinski definition) is 1. The summed E-state index contributed by atoms with van der Waals surface area (Å²) < 4.78 is 82.1. The third kappa shape index (κ3) is 6.02. The summed E-state index contributed by atoms with van der Waals surface area (Å²) in [5.41, 5.74) is -3.56. The molecule has 33 heavy (non-hydrogen) atoms. The van der Waals surface area contributed by atoms with Crippen molar-refractivity contribution >= 4 is 29.2 Å². The van der Waals surface area contributed by atoms with E-state index in [9.17, 15) is 40.7 Å². The fraction of sp³-hybridized carbons (Fsp3) is 0.286. The molecule has 12 heteroatoms. The summed E-state index contributed by atoms with van der Waals surface area (Å²) in [6, 6.07) is 6.53. The lowest BCUT2D eigenvalue weighted by Crippen LogP contribution is -2.24. The van der Waals surface area contributed by atoms with Gasteiger partial charge in [0.05, 0.1) is 16.7 Å². The number of nitrogens with one attached hydrogen (secondary N) is 1. The van der Waals surface area contributed by atoms with Crippen LogP contribution in [0.2, 0.25) is 0 Å². The van der Waals surface area contributed by atoms with Gasteiger partial charge in [-0.25, -0.2) is 4.79 Å². The van der Waals surface area contributed by atoms with Crippen molar-refractivity contribution in [1.29, 1.82) is 0 Å². The highest BCUT2D eigenvalue weighted by atomic mass is 19.4. The number of amides is 2. The maximum Gasteiger partial charge on any atom is 0.416 e. The number of hydrogen-bond acceptors (Lipinski definition) is 4. The average Bonchev–Trinajstić information content (AvgIpc) is 3.16. The van der Waals surface area contributed by atoms with Crippen molar-refractivity contribution in [3.05, 3.63) is 59.2 Å². The Morgan fingerprint density at radius 3 is 2.15 bits per heavy atom. The number of carbonyl (C=O) groups excluding carboxylic acids is 3. The molecular formula is C21H16F6N2O4. The Kier molecular flexibility index (Phi) is 6.65. The van der Waals surface area contributed by atoms with Crippen LogP contribution >= 0.6 is 0 Å². The van der Waals surface area contributed by atoms with E-state index in [-0.39, 0.29) is 29.8 Å². The second-order valence-electron chi connectivity index (χ2n) is 7.12. The van der Waals surface area contributed by atoms with Gasteiger partial charge in [0.2, 0.25) is 5.91 Å². The average molecular weight is 474 g/mol. The van der Waals surface area contributed by atoms with Crippen LogP contribution in [0.1, 0.15) is 34.3 Å². The van der Waals surface area contributed by atoms with Crippen LogP contribution in [0.25, 0.3) is 0 Å². The van der Waals surface area contributed by atoms with E-state index >= 15 is 0 Å². The smallest absolute Gasteiger partial charge is 0.416 e. The summed E-state index contributed by atoms with van der Waals surface area (Å²) in [7, 11) is 0. The van der Waals surface area contributed by atoms with Gasteiger partial charge in [0.1, 0.15) is 0 Å². The van der Waals surface area contributed by atoms with Crippen LogP contribution in [0.4, 0.5) is 37.7 Å². The highest BCUT2D eigenvalue weighted by Gasteiger charge is 2.37. The molecule has 0 saturated carbocycles. The van der Waals surface area contributed by atoms with E-state index in [4.69, 9.17) is 0 Å². The molecule has 176 valence electrons. The standard InChI is InChI=1S/C21H16F6N2O4/c22-20(23,24)13-7-12(8-14(9-13)21(25,26)27)19(32)33-11-17(30)28-15-3-1-4-16(10-15)29-6-2-5-18(29)31/h1,3-4,7-10H,2,5-6,11H2,(H,28,30). The summed E-state index contributed by atoms with van der Waals surface area (Å²) >= 11 is 0. The Labute approximate surface area is 183 Å². The van der Waals surface area contributed by atoms with Crippen molar-refractivity contribution in [2.24, 2.45) is 0 Å². The fourth-order valence-electron chi connectivity index (χ4n) is 3.16. The number of anilines is 2. The van der Waals surface area contributed by atoms with Crippen molar-refractivity contribution in [3.8, 4) is 0 Å². The lowest BCUT2D eigenvalue weighted by atomic mass is 10.0. The van der Waals surface area contributed by atoms with E-state index in [1.165, 1.54) is 17.0 Å². The van der Waals surface area contributed by atoms with Gasteiger partial charge in [0.15, 0.2) is 6.61 Å². The topological polar surface area (TPSA) is 75.7 Å². The molecule has 1 N–H and O–H groups in total. The van der Waals surface area contributed by atoms with Crippen molar-refractivity contribution in [2.45, 2.75) is 25.2 Å². The monoisotopic (exact) mass is 474 g/mol. The molecule has 0 atom stereocenters. The van der Waals surface area contributed by atoms with Crippen LogP contribution in [-0.2, 0) is 26.7 Å². The van der Waals surface area contributed by atoms with Gasteiger partial charge in [-0.3, -0.25) is 9.59 Å². The molecule has 6 nitrogen and oxygen atoms in total. The lowest BCUT2D eigenvalue weighted by molar-refractivity contribution is -0.143. The van der Waals surface area contributed by atoms with Crippen molar-refractivity contribution in [2.75, 3.05) is 23.4 Å². The zero-order valence-corrected chi connectivity index (χ0v) is 16.7. The van der Waals surface area contributed by atoms with Crippen LogP contribution in [0.15, 0.2) is 42.5 Å². The molecule has 0 radical (unpaired) electrons. The number of alkyl halides is 6. The Hall–Kier alpha value is -3.57. The van der Waals surface area contributed by atoms with Crippen molar-refractivity contribution in [3.63, 3.8) is 0 Å². The van der Waals surface area contributed by atoms with Gasteiger partial charge in [0, 0.05) is 24.3 Å². The molecule has 0 aliphatic carbocycles. The van der Waals surface area contributed by atoms with Gasteiger partial charge in [-0.2, -0.15) is 26.3 Å². The molecule has 3 rings (SSSR count). The van der Waals surface area contributed by atoms with Gasteiger partial charge < -0.3 is 15.0 Å². The van der Waals surface area contributed by atoms with Crippen LogP contribution in [0.3, 0.4) is 0 Å². The number of rotatable bonds is 5. The molecule has 2 amide bonds. The molecule has 2 aromatic carbocycles. The minimum Gasteiger partial charge on any atom is -0.452 e. The molecule has 1 heterocycles. The Morgan fingerprint density at radius 2 is 1.61 bits per heavy atom. The van der Waals surface area contributed by atoms with Gasteiger partial charge >= 0.3 is 18.3 Å². The Morgan fingerprint density at radius 1 is 0.970 bits per heavy atom. The molecule has 1 aliphatic heterocycles. The zero-order chi connectivity index (χ0) is 24.4. The maximum atomic E-state index is 12.9. The normalized spacial score (nSPS) is 14.4. The largest absolute Gasteiger partial charge is 0.452 e. The number of esters is 1. The highest BCUT2D eigenvalue weighted by Crippen LogP contribution is 2.36. The fourth-order valence-corrected chi connectivity index (χ4v) is 3.16. The Bertz CT molecular complexity index is 1050. The first-order chi connectivity index (χ1) is 15.3. The van der Waals surface area contributed by atoms with Crippen molar-refractivity contribution < 1.29 is 45.5 Å². The summed E-state index contributed by atoms with van der Waals surface area (Å²) in [5.74, 6) is -2.49. The number of benzene rings is 2. The van der Waals surface area contributed by atoms with Crippen LogP contribution in [-0.4, -0.2) is 30.9 Å². The predicted molar refractivity (Wildman–Crippen MR) is 103 cm³/mol. The van der Waals surface area contributed by atoms with E-state index in [2.05, 4.69) is 10.1 Å². The first-order valence-electron chi connectivity index (χ1n) is 9.51. The third-order valence-electron chi connectivity index (χ3n) is 4.67. The van der Waals surface area contributed by atoms with Crippen LogP contribution in [0, 0.1) is 0 Å². The van der Waals surface area contributed by atoms with Crippen molar-refractivity contribution in [1.82, 2.24) is 0 Å². The summed E-state index contributed by atoms with van der Waals surface area (Å²) in [4.78, 5) is 37.5. The van der Waals surface area contributed by atoms with E-state index in [0.29, 0.717) is 25.1 Å². The van der Waals surface area contributed by atoms with E-state index in [1.54, 1.807) is 12.1 Å². The maximum absolute atomic E-state index is 12.9. The molecule has 1 fully saturated rings. The molecule has 0 spiro atoms. The molecule has 1 aliphatic rings. The quantitative estimate of drug-likeness (QED) is 0.506. The van der Waals surface area contributed by atoms with Gasteiger partial charge in [-0.05, 0) is 42.8 Å². The molecule has 0 unspecified atom stereocenters.